The zero-order valence-corrected chi connectivity index (χ0v) is 11.7. The summed E-state index contributed by atoms with van der Waals surface area (Å²) in [6, 6.07) is 0. The van der Waals surface area contributed by atoms with Gasteiger partial charge in [-0.2, -0.15) is 0 Å². The van der Waals surface area contributed by atoms with Gasteiger partial charge in [0.05, 0.1) is 14.8 Å². The van der Waals surface area contributed by atoms with Gasteiger partial charge >= 0.3 is 0 Å². The van der Waals surface area contributed by atoms with Crippen LogP contribution in [0.5, 0.6) is 0 Å². The minimum Gasteiger partial charge on any atom is -0.301 e. The van der Waals surface area contributed by atoms with E-state index in [1.165, 1.54) is 11.3 Å². The number of anilines is 1. The van der Waals surface area contributed by atoms with Crippen LogP contribution in [0.1, 0.15) is 13.8 Å². The van der Waals surface area contributed by atoms with Gasteiger partial charge in [-0.25, -0.2) is 4.98 Å². The molecule has 0 fully saturated rings. The van der Waals surface area contributed by atoms with E-state index in [2.05, 4.69) is 42.2 Å². The van der Waals surface area contributed by atoms with Crippen molar-refractivity contribution in [3.8, 4) is 0 Å². The second-order valence-corrected chi connectivity index (χ2v) is 6.50. The standard InChI is InChI=1S/C8H10Br2N2OS/c1-4(2)6(10)7(13)12-8-11-3-5(9)14-8/h3-4,6H,1-2H3,(H,11,12,13). The van der Waals surface area contributed by atoms with Crippen LogP contribution in [0.3, 0.4) is 0 Å². The van der Waals surface area contributed by atoms with Crippen molar-refractivity contribution in [3.63, 3.8) is 0 Å². The number of amides is 1. The van der Waals surface area contributed by atoms with Crippen LogP contribution >= 0.6 is 43.2 Å². The number of aromatic nitrogens is 1. The Morgan fingerprint density at radius 2 is 2.29 bits per heavy atom. The molecule has 1 heterocycles. The Kier molecular flexibility index (Phi) is 4.53. The van der Waals surface area contributed by atoms with Crippen LogP contribution in [0.4, 0.5) is 5.13 Å². The Morgan fingerprint density at radius 1 is 1.64 bits per heavy atom. The van der Waals surface area contributed by atoms with E-state index in [1.54, 1.807) is 6.20 Å². The maximum absolute atomic E-state index is 11.6. The highest BCUT2D eigenvalue weighted by Crippen LogP contribution is 2.24. The van der Waals surface area contributed by atoms with Crippen LogP contribution in [0.25, 0.3) is 0 Å². The summed E-state index contributed by atoms with van der Waals surface area (Å²) < 4.78 is 0.906. The predicted molar refractivity (Wildman–Crippen MR) is 66.0 cm³/mol. The molecule has 1 aromatic heterocycles. The molecule has 0 spiro atoms. The second kappa shape index (κ2) is 5.23. The molecule has 3 nitrogen and oxygen atoms in total. The third kappa shape index (κ3) is 3.33. The van der Waals surface area contributed by atoms with E-state index < -0.39 is 0 Å². The molecule has 1 rings (SSSR count). The van der Waals surface area contributed by atoms with Gasteiger partial charge in [0, 0.05) is 0 Å². The number of halogens is 2. The van der Waals surface area contributed by atoms with Crippen molar-refractivity contribution >= 4 is 54.2 Å². The maximum atomic E-state index is 11.6. The van der Waals surface area contributed by atoms with Crippen LogP contribution in [0.2, 0.25) is 0 Å². The molecule has 1 amide bonds. The summed E-state index contributed by atoms with van der Waals surface area (Å²) in [7, 11) is 0. The summed E-state index contributed by atoms with van der Waals surface area (Å²) in [6.45, 7) is 3.97. The van der Waals surface area contributed by atoms with Crippen LogP contribution in [-0.4, -0.2) is 15.7 Å². The van der Waals surface area contributed by atoms with Gasteiger partial charge in [-0.3, -0.25) is 4.79 Å². The van der Waals surface area contributed by atoms with Crippen LogP contribution in [0.15, 0.2) is 9.98 Å². The fourth-order valence-corrected chi connectivity index (χ4v) is 2.01. The Morgan fingerprint density at radius 3 is 2.71 bits per heavy atom. The lowest BCUT2D eigenvalue weighted by Crippen LogP contribution is -2.26. The zero-order chi connectivity index (χ0) is 10.7. The first-order valence-corrected chi connectivity index (χ1v) is 6.59. The molecule has 1 N–H and O–H groups in total. The first-order valence-electron chi connectivity index (χ1n) is 4.07. The topological polar surface area (TPSA) is 42.0 Å². The SMILES string of the molecule is CC(C)C(Br)C(=O)Nc1ncc(Br)s1. The molecule has 14 heavy (non-hydrogen) atoms. The molecule has 0 aliphatic heterocycles. The Bertz CT molecular complexity index is 327. The molecule has 0 aliphatic rings. The average molecular weight is 342 g/mol. The normalized spacial score (nSPS) is 12.9. The lowest BCUT2D eigenvalue weighted by Gasteiger charge is -2.11. The van der Waals surface area contributed by atoms with Gasteiger partial charge < -0.3 is 5.32 Å². The molecule has 0 aliphatic carbocycles. The summed E-state index contributed by atoms with van der Waals surface area (Å²) in [4.78, 5) is 15.4. The molecule has 1 atom stereocenters. The van der Waals surface area contributed by atoms with Gasteiger partial charge in [-0.1, -0.05) is 41.1 Å². The van der Waals surface area contributed by atoms with Crippen molar-refractivity contribution in [2.24, 2.45) is 5.92 Å². The lowest BCUT2D eigenvalue weighted by molar-refractivity contribution is -0.116. The summed E-state index contributed by atoms with van der Waals surface area (Å²) in [5, 5.41) is 3.35. The fraction of sp³-hybridized carbons (Fsp3) is 0.500. The van der Waals surface area contributed by atoms with Crippen molar-refractivity contribution < 1.29 is 4.79 Å². The molecular weight excluding hydrogens is 332 g/mol. The van der Waals surface area contributed by atoms with E-state index in [-0.39, 0.29) is 16.7 Å². The van der Waals surface area contributed by atoms with E-state index in [0.29, 0.717) is 5.13 Å². The molecule has 0 bridgehead atoms. The third-order valence-corrected chi connectivity index (χ3v) is 4.41. The van der Waals surface area contributed by atoms with E-state index in [1.807, 2.05) is 13.8 Å². The van der Waals surface area contributed by atoms with E-state index in [4.69, 9.17) is 0 Å². The van der Waals surface area contributed by atoms with Gasteiger partial charge in [0.1, 0.15) is 0 Å². The number of nitrogens with one attached hydrogen (secondary N) is 1. The van der Waals surface area contributed by atoms with Crippen molar-refractivity contribution in [3.05, 3.63) is 9.98 Å². The highest BCUT2D eigenvalue weighted by Gasteiger charge is 2.19. The zero-order valence-electron chi connectivity index (χ0n) is 7.75. The first kappa shape index (κ1) is 12.1. The molecule has 0 saturated carbocycles. The van der Waals surface area contributed by atoms with Gasteiger partial charge in [0.25, 0.3) is 0 Å². The molecule has 0 radical (unpaired) electrons. The Hall–Kier alpha value is 0.0600. The third-order valence-electron chi connectivity index (χ3n) is 1.54. The highest BCUT2D eigenvalue weighted by atomic mass is 79.9. The smallest absolute Gasteiger partial charge is 0.240 e. The molecule has 1 unspecified atom stereocenters. The molecule has 0 saturated heterocycles. The molecule has 1 aromatic rings. The van der Waals surface area contributed by atoms with Crippen molar-refractivity contribution in [2.75, 3.05) is 5.32 Å². The number of nitrogens with zero attached hydrogens (tertiary/aromatic N) is 1. The van der Waals surface area contributed by atoms with Crippen molar-refractivity contribution in [1.29, 1.82) is 0 Å². The first-order chi connectivity index (χ1) is 6.50. The summed E-state index contributed by atoms with van der Waals surface area (Å²) >= 11 is 8.00. The minimum atomic E-state index is -0.176. The van der Waals surface area contributed by atoms with Crippen LogP contribution in [-0.2, 0) is 4.79 Å². The van der Waals surface area contributed by atoms with E-state index in [9.17, 15) is 4.79 Å². The number of rotatable bonds is 3. The minimum absolute atomic E-state index is 0.0538. The quantitative estimate of drug-likeness (QED) is 0.857. The summed E-state index contributed by atoms with van der Waals surface area (Å²) in [5.41, 5.74) is 0. The fourth-order valence-electron chi connectivity index (χ4n) is 0.789. The van der Waals surface area contributed by atoms with Crippen molar-refractivity contribution in [1.82, 2.24) is 4.98 Å². The van der Waals surface area contributed by atoms with E-state index >= 15 is 0 Å². The predicted octanol–water partition coefficient (Wildman–Crippen LogP) is 3.26. The van der Waals surface area contributed by atoms with Crippen LogP contribution < -0.4 is 5.32 Å². The molecular formula is C8H10Br2N2OS. The maximum Gasteiger partial charge on any atom is 0.240 e. The number of alkyl halides is 1. The molecule has 0 aromatic carbocycles. The number of carbonyl (C=O) groups excluding carboxylic acids is 1. The molecule has 78 valence electrons. The number of carbonyl (C=O) groups is 1. The van der Waals surface area contributed by atoms with Gasteiger partial charge in [-0.15, -0.1) is 0 Å². The number of hydrogen-bond acceptors (Lipinski definition) is 3. The van der Waals surface area contributed by atoms with Crippen molar-refractivity contribution in [2.45, 2.75) is 18.7 Å². The average Bonchev–Trinajstić information content (AvgIpc) is 2.49. The lowest BCUT2D eigenvalue weighted by atomic mass is 10.1. The van der Waals surface area contributed by atoms with Crippen LogP contribution in [0, 0.1) is 5.92 Å². The van der Waals surface area contributed by atoms with Gasteiger partial charge in [0.2, 0.25) is 5.91 Å². The van der Waals surface area contributed by atoms with E-state index in [0.717, 1.165) is 3.79 Å². The summed E-state index contributed by atoms with van der Waals surface area (Å²) in [5.74, 6) is 0.209. The highest BCUT2D eigenvalue weighted by molar-refractivity contribution is 9.11. The monoisotopic (exact) mass is 340 g/mol. The number of hydrogen-bond donors (Lipinski definition) is 1. The Balaban J connectivity index is 2.57. The molecule has 6 heteroatoms. The largest absolute Gasteiger partial charge is 0.301 e. The Labute approximate surface area is 104 Å². The second-order valence-electron chi connectivity index (χ2n) is 3.10. The van der Waals surface area contributed by atoms with Gasteiger partial charge in [0.15, 0.2) is 5.13 Å². The number of thiazole rings is 1. The summed E-state index contributed by atoms with van der Waals surface area (Å²) in [6.07, 6.45) is 1.67. The van der Waals surface area contributed by atoms with Gasteiger partial charge in [-0.05, 0) is 21.8 Å².